The zero-order valence-corrected chi connectivity index (χ0v) is 8.71. The molecule has 6 heteroatoms. The van der Waals surface area contributed by atoms with Gasteiger partial charge in [0, 0.05) is 6.07 Å². The topological polar surface area (TPSA) is 106 Å². The average molecular weight is 224 g/mol. The lowest BCUT2D eigenvalue weighted by atomic mass is 10.1. The number of rotatable bonds is 3. The van der Waals surface area contributed by atoms with Crippen LogP contribution in [0.25, 0.3) is 0 Å². The van der Waals surface area contributed by atoms with Gasteiger partial charge in [-0.15, -0.1) is 0 Å². The van der Waals surface area contributed by atoms with E-state index in [9.17, 15) is 15.0 Å². The van der Waals surface area contributed by atoms with E-state index in [-0.39, 0.29) is 12.1 Å². The Morgan fingerprint density at radius 1 is 1.62 bits per heavy atom. The van der Waals surface area contributed by atoms with Gasteiger partial charge in [-0.25, -0.2) is 0 Å². The van der Waals surface area contributed by atoms with Gasteiger partial charge in [-0.3, -0.25) is 9.36 Å². The van der Waals surface area contributed by atoms with Gasteiger partial charge in [0.05, 0.1) is 19.3 Å². The highest BCUT2D eigenvalue weighted by Crippen LogP contribution is 2.17. The van der Waals surface area contributed by atoms with Crippen LogP contribution in [0.2, 0.25) is 0 Å². The van der Waals surface area contributed by atoms with E-state index in [0.29, 0.717) is 5.56 Å². The van der Waals surface area contributed by atoms with Crippen molar-refractivity contribution in [2.75, 3.05) is 6.61 Å². The van der Waals surface area contributed by atoms with Crippen molar-refractivity contribution in [1.82, 2.24) is 4.57 Å². The van der Waals surface area contributed by atoms with E-state index in [1.807, 2.05) is 0 Å². The van der Waals surface area contributed by atoms with Crippen LogP contribution in [-0.2, 0) is 6.54 Å². The lowest BCUT2D eigenvalue weighted by Gasteiger charge is -2.13. The predicted octanol–water partition coefficient (Wildman–Crippen LogP) is -0.913. The fourth-order valence-corrected chi connectivity index (χ4v) is 1.33. The maximum Gasteiger partial charge on any atom is 0.253 e. The number of hydrogen-bond acceptors (Lipinski definition) is 5. The summed E-state index contributed by atoms with van der Waals surface area (Å²) >= 11 is 0. The van der Waals surface area contributed by atoms with Crippen molar-refractivity contribution in [2.24, 2.45) is 0 Å². The van der Waals surface area contributed by atoms with Crippen molar-refractivity contribution >= 4 is 0 Å². The van der Waals surface area contributed by atoms with Crippen molar-refractivity contribution < 1.29 is 15.3 Å². The maximum absolute atomic E-state index is 11.5. The molecule has 0 aliphatic carbocycles. The molecule has 1 aromatic rings. The van der Waals surface area contributed by atoms with Crippen LogP contribution in [0.3, 0.4) is 0 Å². The molecule has 0 aliphatic heterocycles. The predicted molar refractivity (Wildman–Crippen MR) is 54.9 cm³/mol. The first-order valence-electron chi connectivity index (χ1n) is 4.63. The van der Waals surface area contributed by atoms with Gasteiger partial charge in [-0.05, 0) is 12.5 Å². The average Bonchev–Trinajstić information content (AvgIpc) is 2.24. The van der Waals surface area contributed by atoms with E-state index in [4.69, 9.17) is 10.4 Å². The molecule has 0 aromatic carbocycles. The fraction of sp³-hybridized carbons (Fsp3) is 0.400. The van der Waals surface area contributed by atoms with Crippen LogP contribution in [0.15, 0.2) is 10.9 Å². The number of aromatic hydroxyl groups is 1. The zero-order valence-electron chi connectivity index (χ0n) is 8.71. The summed E-state index contributed by atoms with van der Waals surface area (Å²) in [5, 5.41) is 36.2. The summed E-state index contributed by atoms with van der Waals surface area (Å²) in [4.78, 5) is 11.5. The standard InChI is InChI=1S/C10H12N2O4/c1-6-2-9(15)12(4-7(14)5-13)10(16)8(6)3-11/h2,7,13-14,16H,4-5H2,1H3. The van der Waals surface area contributed by atoms with Crippen molar-refractivity contribution in [3.8, 4) is 11.9 Å². The van der Waals surface area contributed by atoms with Gasteiger partial charge < -0.3 is 15.3 Å². The summed E-state index contributed by atoms with van der Waals surface area (Å²) in [6.07, 6.45) is -1.15. The molecular formula is C10H12N2O4. The molecule has 0 bridgehead atoms. The summed E-state index contributed by atoms with van der Waals surface area (Å²) in [5.74, 6) is -0.486. The molecule has 6 nitrogen and oxygen atoms in total. The molecular weight excluding hydrogens is 212 g/mol. The maximum atomic E-state index is 11.5. The molecule has 1 rings (SSSR count). The van der Waals surface area contributed by atoms with Crippen LogP contribution in [0.4, 0.5) is 0 Å². The third-order valence-electron chi connectivity index (χ3n) is 2.20. The van der Waals surface area contributed by atoms with Gasteiger partial charge >= 0.3 is 0 Å². The Morgan fingerprint density at radius 3 is 2.75 bits per heavy atom. The molecule has 0 radical (unpaired) electrons. The monoisotopic (exact) mass is 224 g/mol. The molecule has 1 heterocycles. The molecule has 0 aliphatic rings. The number of aliphatic hydroxyl groups is 2. The van der Waals surface area contributed by atoms with Crippen LogP contribution in [0.5, 0.6) is 5.88 Å². The minimum absolute atomic E-state index is 0.00950. The van der Waals surface area contributed by atoms with Crippen LogP contribution < -0.4 is 5.56 Å². The molecule has 86 valence electrons. The summed E-state index contributed by atoms with van der Waals surface area (Å²) in [6, 6.07) is 2.97. The largest absolute Gasteiger partial charge is 0.493 e. The number of hydrogen-bond donors (Lipinski definition) is 3. The first-order valence-corrected chi connectivity index (χ1v) is 4.63. The third kappa shape index (κ3) is 2.21. The van der Waals surface area contributed by atoms with Crippen molar-refractivity contribution in [3.63, 3.8) is 0 Å². The van der Waals surface area contributed by atoms with Gasteiger partial charge in [0.2, 0.25) is 5.88 Å². The number of nitrogens with zero attached hydrogens (tertiary/aromatic N) is 2. The van der Waals surface area contributed by atoms with Crippen molar-refractivity contribution in [3.05, 3.63) is 27.5 Å². The second-order valence-corrected chi connectivity index (χ2v) is 3.42. The molecule has 1 atom stereocenters. The third-order valence-corrected chi connectivity index (χ3v) is 2.20. The first kappa shape index (κ1) is 12.2. The SMILES string of the molecule is Cc1cc(=O)n(CC(O)CO)c(O)c1C#N. The number of aliphatic hydroxyl groups excluding tert-OH is 2. The Bertz CT molecular complexity index is 487. The van der Waals surface area contributed by atoms with Crippen molar-refractivity contribution in [2.45, 2.75) is 19.6 Å². The summed E-state index contributed by atoms with van der Waals surface area (Å²) in [5.41, 5.74) is -0.161. The lowest BCUT2D eigenvalue weighted by Crippen LogP contribution is -2.28. The summed E-state index contributed by atoms with van der Waals surface area (Å²) in [6.45, 7) is 0.754. The molecule has 0 fully saturated rings. The lowest BCUT2D eigenvalue weighted by molar-refractivity contribution is 0.0782. The molecule has 0 saturated carbocycles. The van der Waals surface area contributed by atoms with E-state index in [1.54, 1.807) is 6.07 Å². The Morgan fingerprint density at radius 2 is 2.25 bits per heavy atom. The van der Waals surface area contributed by atoms with Crippen LogP contribution in [0, 0.1) is 18.3 Å². The zero-order chi connectivity index (χ0) is 12.3. The number of aryl methyl sites for hydroxylation is 1. The van der Waals surface area contributed by atoms with Gasteiger partial charge in [0.15, 0.2) is 0 Å². The first-order chi connectivity index (χ1) is 7.51. The fourth-order valence-electron chi connectivity index (χ4n) is 1.33. The van der Waals surface area contributed by atoms with Gasteiger partial charge in [0.25, 0.3) is 5.56 Å². The highest BCUT2D eigenvalue weighted by molar-refractivity contribution is 5.43. The second kappa shape index (κ2) is 4.79. The van der Waals surface area contributed by atoms with Crippen molar-refractivity contribution in [1.29, 1.82) is 5.26 Å². The van der Waals surface area contributed by atoms with E-state index in [2.05, 4.69) is 0 Å². The highest BCUT2D eigenvalue weighted by atomic mass is 16.3. The quantitative estimate of drug-likeness (QED) is 0.616. The Kier molecular flexibility index (Phi) is 3.66. The molecule has 0 amide bonds. The van der Waals surface area contributed by atoms with Gasteiger partial charge in [-0.1, -0.05) is 0 Å². The molecule has 1 unspecified atom stereocenters. The Labute approximate surface area is 91.6 Å². The minimum Gasteiger partial charge on any atom is -0.493 e. The van der Waals surface area contributed by atoms with Gasteiger partial charge in [0.1, 0.15) is 11.6 Å². The summed E-state index contributed by atoms with van der Waals surface area (Å²) < 4.78 is 0.854. The molecule has 16 heavy (non-hydrogen) atoms. The number of pyridine rings is 1. The molecule has 0 saturated heterocycles. The Balaban J connectivity index is 3.30. The molecule has 3 N–H and O–H groups in total. The summed E-state index contributed by atoms with van der Waals surface area (Å²) in [7, 11) is 0. The number of nitriles is 1. The normalized spacial score (nSPS) is 12.1. The smallest absolute Gasteiger partial charge is 0.253 e. The second-order valence-electron chi connectivity index (χ2n) is 3.42. The minimum atomic E-state index is -1.15. The van der Waals surface area contributed by atoms with E-state index < -0.39 is 24.2 Å². The van der Waals surface area contributed by atoms with Crippen LogP contribution in [-0.4, -0.2) is 32.6 Å². The van der Waals surface area contributed by atoms with E-state index in [1.165, 1.54) is 13.0 Å². The van der Waals surface area contributed by atoms with Crippen LogP contribution in [0.1, 0.15) is 11.1 Å². The Hall–Kier alpha value is -1.84. The van der Waals surface area contributed by atoms with Gasteiger partial charge in [-0.2, -0.15) is 5.26 Å². The molecule has 0 spiro atoms. The van der Waals surface area contributed by atoms with E-state index >= 15 is 0 Å². The molecule has 1 aromatic heterocycles. The van der Waals surface area contributed by atoms with E-state index in [0.717, 1.165) is 4.57 Å². The highest BCUT2D eigenvalue weighted by Gasteiger charge is 2.14. The van der Waals surface area contributed by atoms with Crippen LogP contribution >= 0.6 is 0 Å². The number of aromatic nitrogens is 1.